The second-order valence-corrected chi connectivity index (χ2v) is 3.50. The van der Waals surface area contributed by atoms with Crippen molar-refractivity contribution in [3.8, 4) is 18.1 Å². The van der Waals surface area contributed by atoms with Crippen molar-refractivity contribution >= 4 is 0 Å². The van der Waals surface area contributed by atoms with E-state index in [-0.39, 0.29) is 12.6 Å². The number of hydrogen-bond acceptors (Lipinski definition) is 3. The molecule has 3 rings (SSSR count). The quantitative estimate of drug-likeness (QED) is 0.710. The largest absolute Gasteiger partial charge is 0.454 e. The van der Waals surface area contributed by atoms with Gasteiger partial charge in [-0.05, 0) is 30.4 Å². The predicted molar refractivity (Wildman–Crippen MR) is 51.2 cm³/mol. The third kappa shape index (κ3) is 1.73. The Bertz CT molecular complexity index is 399. The van der Waals surface area contributed by atoms with Crippen molar-refractivity contribution in [1.29, 1.82) is 5.26 Å². The number of nitrogens with zero attached hydrogens (tertiary/aromatic N) is 1. The third-order valence-electron chi connectivity index (χ3n) is 2.51. The molecule has 0 N–H and O–H groups in total. The summed E-state index contributed by atoms with van der Waals surface area (Å²) in [7, 11) is 0. The van der Waals surface area contributed by atoms with Crippen molar-refractivity contribution in [3.63, 3.8) is 0 Å². The summed E-state index contributed by atoms with van der Waals surface area (Å²) in [5.74, 6) is 1.46. The molecule has 1 saturated carbocycles. The van der Waals surface area contributed by atoms with E-state index in [1.807, 2.05) is 0 Å². The lowest BCUT2D eigenvalue weighted by molar-refractivity contribution is 0.174. The van der Waals surface area contributed by atoms with E-state index >= 15 is 0 Å². The van der Waals surface area contributed by atoms with E-state index in [4.69, 9.17) is 14.7 Å². The average molecular weight is 207 g/mol. The zero-order chi connectivity index (χ0) is 10.8. The number of fused-ring (bicyclic) bond motifs is 1. The molecule has 0 amide bonds. The van der Waals surface area contributed by atoms with Crippen LogP contribution < -0.4 is 9.47 Å². The molecule has 0 bridgehead atoms. The summed E-state index contributed by atoms with van der Waals surface area (Å²) in [5.41, 5.74) is 0.782. The Morgan fingerprint density at radius 2 is 1.80 bits per heavy atom. The number of halogens is 1. The van der Waals surface area contributed by atoms with E-state index in [9.17, 15) is 4.39 Å². The van der Waals surface area contributed by atoms with Crippen molar-refractivity contribution in [1.82, 2.24) is 0 Å². The third-order valence-corrected chi connectivity index (χ3v) is 2.51. The molecule has 78 valence electrons. The van der Waals surface area contributed by atoms with Crippen LogP contribution >= 0.6 is 0 Å². The molecule has 15 heavy (non-hydrogen) atoms. The molecule has 1 fully saturated rings. The van der Waals surface area contributed by atoms with Crippen LogP contribution in [0.1, 0.15) is 24.3 Å². The standard InChI is InChI=1S/C10H9FO2.CHN/c11-8-4-10-9(12-5-13-10)3-7(8)6-1-2-6;1-2/h3-4,6H,1-2,5H2;1H. The zero-order valence-corrected chi connectivity index (χ0v) is 8.07. The van der Waals surface area contributed by atoms with E-state index in [0.717, 1.165) is 18.4 Å². The summed E-state index contributed by atoms with van der Waals surface area (Å²) in [5, 5.41) is 6.50. The van der Waals surface area contributed by atoms with Gasteiger partial charge in [0.15, 0.2) is 11.5 Å². The van der Waals surface area contributed by atoms with Crippen LogP contribution in [0, 0.1) is 17.7 Å². The van der Waals surface area contributed by atoms with Crippen LogP contribution in [0.15, 0.2) is 12.1 Å². The minimum absolute atomic E-state index is 0.160. The summed E-state index contributed by atoms with van der Waals surface area (Å²) < 4.78 is 23.7. The first kappa shape index (κ1) is 9.78. The van der Waals surface area contributed by atoms with Gasteiger partial charge in [0.2, 0.25) is 6.79 Å². The van der Waals surface area contributed by atoms with Gasteiger partial charge in [-0.15, -0.1) is 0 Å². The first-order valence-corrected chi connectivity index (χ1v) is 4.69. The molecule has 0 saturated heterocycles. The Kier molecular flexibility index (Phi) is 2.46. The Labute approximate surface area is 87.0 Å². The van der Waals surface area contributed by atoms with Gasteiger partial charge in [0.25, 0.3) is 0 Å². The summed E-state index contributed by atoms with van der Waals surface area (Å²) in [6, 6.07) is 3.20. The van der Waals surface area contributed by atoms with Crippen molar-refractivity contribution in [2.45, 2.75) is 18.8 Å². The van der Waals surface area contributed by atoms with E-state index in [2.05, 4.69) is 6.57 Å². The second kappa shape index (κ2) is 3.77. The maximum Gasteiger partial charge on any atom is 0.231 e. The fourth-order valence-electron chi connectivity index (χ4n) is 1.64. The molecule has 1 heterocycles. The number of hydrogen-bond donors (Lipinski definition) is 0. The Hall–Kier alpha value is -1.76. The van der Waals surface area contributed by atoms with Crippen molar-refractivity contribution in [3.05, 3.63) is 23.5 Å². The van der Waals surface area contributed by atoms with Crippen LogP contribution in [0.5, 0.6) is 11.5 Å². The van der Waals surface area contributed by atoms with Crippen LogP contribution in [0.3, 0.4) is 0 Å². The van der Waals surface area contributed by atoms with Crippen LogP contribution in [0.25, 0.3) is 0 Å². The first-order valence-electron chi connectivity index (χ1n) is 4.69. The van der Waals surface area contributed by atoms with Crippen molar-refractivity contribution < 1.29 is 13.9 Å². The average Bonchev–Trinajstić information content (AvgIpc) is 3.00. The van der Waals surface area contributed by atoms with Gasteiger partial charge in [-0.25, -0.2) is 9.65 Å². The van der Waals surface area contributed by atoms with Crippen LogP contribution in [0.2, 0.25) is 0 Å². The molecule has 1 aliphatic heterocycles. The minimum Gasteiger partial charge on any atom is -0.454 e. The highest BCUT2D eigenvalue weighted by molar-refractivity contribution is 5.47. The molecule has 0 radical (unpaired) electrons. The second-order valence-electron chi connectivity index (χ2n) is 3.50. The van der Waals surface area contributed by atoms with Gasteiger partial charge in [0, 0.05) is 12.6 Å². The van der Waals surface area contributed by atoms with Gasteiger partial charge in [-0.3, -0.25) is 0 Å². The van der Waals surface area contributed by atoms with Crippen molar-refractivity contribution in [2.24, 2.45) is 0 Å². The van der Waals surface area contributed by atoms with Crippen molar-refractivity contribution in [2.75, 3.05) is 6.79 Å². The monoisotopic (exact) mass is 207 g/mol. The molecular weight excluding hydrogens is 197 g/mol. The first-order chi connectivity index (χ1) is 7.34. The number of rotatable bonds is 1. The smallest absolute Gasteiger partial charge is 0.231 e. The van der Waals surface area contributed by atoms with Crippen LogP contribution in [-0.4, -0.2) is 6.79 Å². The molecule has 4 heteroatoms. The maximum absolute atomic E-state index is 13.4. The van der Waals surface area contributed by atoms with Gasteiger partial charge < -0.3 is 9.47 Å². The normalized spacial score (nSPS) is 16.7. The summed E-state index contributed by atoms with van der Waals surface area (Å²) in [4.78, 5) is 0. The molecule has 1 aliphatic carbocycles. The predicted octanol–water partition coefficient (Wildman–Crippen LogP) is 2.57. The molecule has 1 aromatic rings. The van der Waals surface area contributed by atoms with Crippen LogP contribution in [0.4, 0.5) is 4.39 Å². The Morgan fingerprint density at radius 1 is 1.20 bits per heavy atom. The fraction of sp³-hybridized carbons (Fsp3) is 0.364. The molecule has 3 nitrogen and oxygen atoms in total. The highest BCUT2D eigenvalue weighted by Gasteiger charge is 2.29. The van der Waals surface area contributed by atoms with Gasteiger partial charge >= 0.3 is 0 Å². The molecule has 0 spiro atoms. The van der Waals surface area contributed by atoms with Gasteiger partial charge in [-0.2, -0.15) is 0 Å². The summed E-state index contributed by atoms with van der Waals surface area (Å²) >= 11 is 0. The molecule has 0 unspecified atom stereocenters. The van der Waals surface area contributed by atoms with E-state index in [0.29, 0.717) is 17.4 Å². The fourth-order valence-corrected chi connectivity index (χ4v) is 1.64. The van der Waals surface area contributed by atoms with E-state index < -0.39 is 0 Å². The number of nitriles is 1. The lowest BCUT2D eigenvalue weighted by Gasteiger charge is -2.02. The number of benzene rings is 1. The highest BCUT2D eigenvalue weighted by atomic mass is 19.1. The lowest BCUT2D eigenvalue weighted by Crippen LogP contribution is -1.92. The molecule has 1 aromatic carbocycles. The minimum atomic E-state index is -0.160. The summed E-state index contributed by atoms with van der Waals surface area (Å²) in [6.07, 6.45) is 2.19. The Balaban J connectivity index is 0.000000404. The SMILES string of the molecule is C#N.Fc1cc2c(cc1C1CC1)OCO2. The Morgan fingerprint density at radius 3 is 2.40 bits per heavy atom. The molecular formula is C11H10FNO2. The summed E-state index contributed by atoms with van der Waals surface area (Å²) in [6.45, 7) is 3.71. The topological polar surface area (TPSA) is 42.2 Å². The maximum atomic E-state index is 13.4. The van der Waals surface area contributed by atoms with Gasteiger partial charge in [0.1, 0.15) is 5.82 Å². The van der Waals surface area contributed by atoms with Gasteiger partial charge in [0.05, 0.1) is 0 Å². The van der Waals surface area contributed by atoms with Crippen LogP contribution in [-0.2, 0) is 0 Å². The number of ether oxygens (including phenoxy) is 2. The van der Waals surface area contributed by atoms with E-state index in [1.165, 1.54) is 6.07 Å². The molecule has 2 aliphatic rings. The highest BCUT2D eigenvalue weighted by Crippen LogP contribution is 2.45. The van der Waals surface area contributed by atoms with Gasteiger partial charge in [-0.1, -0.05) is 0 Å². The zero-order valence-electron chi connectivity index (χ0n) is 8.07. The molecule has 0 aromatic heterocycles. The molecule has 0 atom stereocenters. The van der Waals surface area contributed by atoms with E-state index in [1.54, 1.807) is 6.07 Å². The lowest BCUT2D eigenvalue weighted by atomic mass is 10.1.